The zero-order chi connectivity index (χ0) is 7.98. The van der Waals surface area contributed by atoms with E-state index in [4.69, 9.17) is 5.11 Å². The van der Waals surface area contributed by atoms with Gasteiger partial charge in [0.05, 0.1) is 6.61 Å². The number of carboxylic acids is 1. The quantitative estimate of drug-likeness (QED) is 0.600. The number of ether oxygens (including phenoxy) is 1. The van der Waals surface area contributed by atoms with Crippen LogP contribution in [0.2, 0.25) is 0 Å². The normalized spacial score (nSPS) is 11.6. The summed E-state index contributed by atoms with van der Waals surface area (Å²) in [6.45, 7) is 2.17. The van der Waals surface area contributed by atoms with Crippen LogP contribution in [-0.4, -0.2) is 24.8 Å². The molecule has 0 fully saturated rings. The molecular formula is C7H12O3. The van der Waals surface area contributed by atoms with Gasteiger partial charge in [-0.3, -0.25) is 0 Å². The van der Waals surface area contributed by atoms with Crippen molar-refractivity contribution in [1.29, 1.82) is 0 Å². The van der Waals surface area contributed by atoms with Crippen LogP contribution in [-0.2, 0) is 9.53 Å². The van der Waals surface area contributed by atoms with Gasteiger partial charge in [0.15, 0.2) is 0 Å². The highest BCUT2D eigenvalue weighted by Crippen LogP contribution is 1.99. The van der Waals surface area contributed by atoms with Gasteiger partial charge in [-0.1, -0.05) is 6.92 Å². The number of hydrogen-bond acceptors (Lipinski definition) is 2. The average molecular weight is 144 g/mol. The molecule has 0 spiro atoms. The molecule has 0 aliphatic heterocycles. The fourth-order valence-electron chi connectivity index (χ4n) is 0.567. The van der Waals surface area contributed by atoms with Gasteiger partial charge in [-0.05, 0) is 12.5 Å². The number of aliphatic carboxylic acids is 1. The molecule has 0 aliphatic rings. The van der Waals surface area contributed by atoms with Crippen molar-refractivity contribution >= 4 is 5.97 Å². The highest BCUT2D eigenvalue weighted by Gasteiger charge is 2.01. The lowest BCUT2D eigenvalue weighted by molar-refractivity contribution is -0.132. The third-order valence-electron chi connectivity index (χ3n) is 1.15. The van der Waals surface area contributed by atoms with Crippen molar-refractivity contribution < 1.29 is 14.6 Å². The Balaban J connectivity index is 3.91. The second kappa shape index (κ2) is 4.99. The summed E-state index contributed by atoms with van der Waals surface area (Å²) in [5.74, 6) is -0.862. The zero-order valence-electron chi connectivity index (χ0n) is 6.26. The molecule has 0 bridgehead atoms. The van der Waals surface area contributed by atoms with Crippen LogP contribution in [0.4, 0.5) is 0 Å². The molecule has 0 aromatic rings. The number of rotatable bonds is 4. The Labute approximate surface area is 60.3 Å². The van der Waals surface area contributed by atoms with Crippen molar-refractivity contribution in [2.45, 2.75) is 13.3 Å². The minimum absolute atomic E-state index is 0.371. The molecule has 0 atom stereocenters. The van der Waals surface area contributed by atoms with Gasteiger partial charge in [-0.15, -0.1) is 0 Å². The minimum atomic E-state index is -0.862. The maximum Gasteiger partial charge on any atom is 0.331 e. The van der Waals surface area contributed by atoms with Gasteiger partial charge in [0.25, 0.3) is 0 Å². The molecule has 0 radical (unpaired) electrons. The van der Waals surface area contributed by atoms with Crippen LogP contribution in [0.25, 0.3) is 0 Å². The van der Waals surface area contributed by atoms with Gasteiger partial charge in [-0.2, -0.15) is 0 Å². The summed E-state index contributed by atoms with van der Waals surface area (Å²) < 4.78 is 4.68. The lowest BCUT2D eigenvalue weighted by Crippen LogP contribution is -2.00. The first-order valence-corrected chi connectivity index (χ1v) is 3.13. The van der Waals surface area contributed by atoms with Crippen LogP contribution in [0.15, 0.2) is 11.6 Å². The van der Waals surface area contributed by atoms with Crippen molar-refractivity contribution in [3.05, 3.63) is 11.6 Å². The SMILES string of the molecule is CC/C(=C/COC)C(=O)O. The smallest absolute Gasteiger partial charge is 0.331 e. The summed E-state index contributed by atoms with van der Waals surface area (Å²) >= 11 is 0. The van der Waals surface area contributed by atoms with E-state index >= 15 is 0 Å². The number of hydrogen-bond donors (Lipinski definition) is 1. The summed E-state index contributed by atoms with van der Waals surface area (Å²) in [6.07, 6.45) is 2.11. The summed E-state index contributed by atoms with van der Waals surface area (Å²) in [5.41, 5.74) is 0.404. The molecule has 0 saturated carbocycles. The first kappa shape index (κ1) is 9.17. The summed E-state index contributed by atoms with van der Waals surface area (Å²) in [4.78, 5) is 10.3. The Morgan fingerprint density at radius 1 is 1.70 bits per heavy atom. The maximum atomic E-state index is 10.3. The number of carboxylic acid groups (broad SMARTS) is 1. The van der Waals surface area contributed by atoms with Crippen molar-refractivity contribution in [3.63, 3.8) is 0 Å². The van der Waals surface area contributed by atoms with Gasteiger partial charge in [0.1, 0.15) is 0 Å². The van der Waals surface area contributed by atoms with Crippen LogP contribution >= 0.6 is 0 Å². The first-order chi connectivity index (χ1) is 4.72. The van der Waals surface area contributed by atoms with Crippen LogP contribution in [0, 0.1) is 0 Å². The molecule has 0 aromatic carbocycles. The third kappa shape index (κ3) is 3.25. The second-order valence-electron chi connectivity index (χ2n) is 1.84. The highest BCUT2D eigenvalue weighted by molar-refractivity contribution is 5.86. The largest absolute Gasteiger partial charge is 0.478 e. The molecule has 0 amide bonds. The van der Waals surface area contributed by atoms with E-state index in [2.05, 4.69) is 4.74 Å². The van der Waals surface area contributed by atoms with E-state index < -0.39 is 5.97 Å². The summed E-state index contributed by atoms with van der Waals surface area (Å²) in [7, 11) is 1.53. The molecule has 0 saturated heterocycles. The van der Waals surface area contributed by atoms with Crippen LogP contribution in [0.1, 0.15) is 13.3 Å². The fraction of sp³-hybridized carbons (Fsp3) is 0.571. The highest BCUT2D eigenvalue weighted by atomic mass is 16.5. The number of methoxy groups -OCH3 is 1. The number of carbonyl (C=O) groups is 1. The van der Waals surface area contributed by atoms with Gasteiger partial charge in [0.2, 0.25) is 0 Å². The lowest BCUT2D eigenvalue weighted by atomic mass is 10.2. The summed E-state index contributed by atoms with van der Waals surface area (Å²) in [6, 6.07) is 0. The van der Waals surface area contributed by atoms with E-state index in [0.717, 1.165) is 0 Å². The summed E-state index contributed by atoms with van der Waals surface area (Å²) in [5, 5.41) is 8.48. The molecule has 0 rings (SSSR count). The third-order valence-corrected chi connectivity index (χ3v) is 1.15. The van der Waals surface area contributed by atoms with Crippen molar-refractivity contribution in [2.75, 3.05) is 13.7 Å². The van der Waals surface area contributed by atoms with E-state index in [1.807, 2.05) is 0 Å². The predicted molar refractivity (Wildman–Crippen MR) is 37.9 cm³/mol. The van der Waals surface area contributed by atoms with E-state index in [1.165, 1.54) is 7.11 Å². The monoisotopic (exact) mass is 144 g/mol. The molecule has 58 valence electrons. The van der Waals surface area contributed by atoms with Gasteiger partial charge >= 0.3 is 5.97 Å². The standard InChI is InChI=1S/C7H12O3/c1-3-6(7(8)9)4-5-10-2/h4H,3,5H2,1-2H3,(H,8,9)/b6-4-. The molecule has 0 unspecified atom stereocenters. The van der Waals surface area contributed by atoms with E-state index in [0.29, 0.717) is 18.6 Å². The van der Waals surface area contributed by atoms with Crippen LogP contribution < -0.4 is 0 Å². The van der Waals surface area contributed by atoms with Gasteiger partial charge in [-0.25, -0.2) is 4.79 Å². The van der Waals surface area contributed by atoms with Crippen molar-refractivity contribution in [3.8, 4) is 0 Å². The maximum absolute atomic E-state index is 10.3. The molecule has 3 nitrogen and oxygen atoms in total. The van der Waals surface area contributed by atoms with Crippen molar-refractivity contribution in [1.82, 2.24) is 0 Å². The zero-order valence-corrected chi connectivity index (χ0v) is 6.26. The molecular weight excluding hydrogens is 132 g/mol. The van der Waals surface area contributed by atoms with E-state index in [-0.39, 0.29) is 0 Å². The molecule has 10 heavy (non-hydrogen) atoms. The Hall–Kier alpha value is -0.830. The Bertz CT molecular complexity index is 138. The fourth-order valence-corrected chi connectivity index (χ4v) is 0.567. The molecule has 0 heterocycles. The van der Waals surface area contributed by atoms with Crippen molar-refractivity contribution in [2.24, 2.45) is 0 Å². The minimum Gasteiger partial charge on any atom is -0.478 e. The second-order valence-corrected chi connectivity index (χ2v) is 1.84. The Morgan fingerprint density at radius 3 is 2.60 bits per heavy atom. The lowest BCUT2D eigenvalue weighted by Gasteiger charge is -1.95. The van der Waals surface area contributed by atoms with Crippen LogP contribution in [0.3, 0.4) is 0 Å². The first-order valence-electron chi connectivity index (χ1n) is 3.13. The van der Waals surface area contributed by atoms with Gasteiger partial charge < -0.3 is 9.84 Å². The predicted octanol–water partition coefficient (Wildman–Crippen LogP) is 1.05. The Morgan fingerprint density at radius 2 is 2.30 bits per heavy atom. The molecule has 0 aromatic heterocycles. The topological polar surface area (TPSA) is 46.5 Å². The van der Waals surface area contributed by atoms with Crippen LogP contribution in [0.5, 0.6) is 0 Å². The van der Waals surface area contributed by atoms with E-state index in [1.54, 1.807) is 13.0 Å². The van der Waals surface area contributed by atoms with E-state index in [9.17, 15) is 4.79 Å². The molecule has 3 heteroatoms. The molecule has 0 aliphatic carbocycles. The molecule has 1 N–H and O–H groups in total. The van der Waals surface area contributed by atoms with Gasteiger partial charge in [0, 0.05) is 12.7 Å². The average Bonchev–Trinajstić information content (AvgIpc) is 1.89. The Kier molecular flexibility index (Phi) is 4.58.